The Labute approximate surface area is 74.4 Å². The van der Waals surface area contributed by atoms with Crippen LogP contribution in [0, 0.1) is 0 Å². The average Bonchev–Trinajstić information content (AvgIpc) is 2.01. The second-order valence-electron chi connectivity index (χ2n) is 2.05. The largest absolute Gasteiger partial charge is 0.500 e. The molecule has 0 aliphatic heterocycles. The van der Waals surface area contributed by atoms with E-state index in [2.05, 4.69) is 6.92 Å². The van der Waals surface area contributed by atoms with Gasteiger partial charge >= 0.3 is 8.80 Å². The van der Waals surface area contributed by atoms with Gasteiger partial charge in [0.1, 0.15) is 0 Å². The molecule has 5 heteroatoms. The van der Waals surface area contributed by atoms with Crippen molar-refractivity contribution < 1.29 is 13.3 Å². The van der Waals surface area contributed by atoms with Gasteiger partial charge in [0.2, 0.25) is 0 Å². The zero-order valence-electron chi connectivity index (χ0n) is 7.14. The molecular formula is C6H20O3Si2. The summed E-state index contributed by atoms with van der Waals surface area (Å²) >= 11 is 0. The van der Waals surface area contributed by atoms with E-state index in [4.69, 9.17) is 13.3 Å². The summed E-state index contributed by atoms with van der Waals surface area (Å²) < 4.78 is 15.5. The highest BCUT2D eigenvalue weighted by atomic mass is 28.4. The molecule has 0 bridgehead atoms. The van der Waals surface area contributed by atoms with E-state index in [9.17, 15) is 0 Å². The van der Waals surface area contributed by atoms with Crippen molar-refractivity contribution in [2.24, 2.45) is 0 Å². The Bertz CT molecular complexity index is 77.6. The second-order valence-corrected chi connectivity index (χ2v) is 5.14. The van der Waals surface area contributed by atoms with Gasteiger partial charge in [-0.05, 0) is 11.0 Å². The highest BCUT2D eigenvalue weighted by molar-refractivity contribution is 6.60. The fourth-order valence-electron chi connectivity index (χ4n) is 0.862. The molecule has 0 aliphatic carbocycles. The van der Waals surface area contributed by atoms with Crippen LogP contribution in [0.2, 0.25) is 6.04 Å². The van der Waals surface area contributed by atoms with Crippen molar-refractivity contribution in [3.05, 3.63) is 0 Å². The van der Waals surface area contributed by atoms with Gasteiger partial charge in [-0.1, -0.05) is 13.3 Å². The van der Waals surface area contributed by atoms with Crippen LogP contribution in [0.4, 0.5) is 0 Å². The molecule has 0 spiro atoms. The highest BCUT2D eigenvalue weighted by Gasteiger charge is 2.36. The van der Waals surface area contributed by atoms with Crippen molar-refractivity contribution in [3.8, 4) is 0 Å². The summed E-state index contributed by atoms with van der Waals surface area (Å²) in [5.74, 6) is 0. The lowest BCUT2D eigenvalue weighted by Gasteiger charge is -2.23. The molecular weight excluding hydrogens is 176 g/mol. The predicted molar refractivity (Wildman–Crippen MR) is 53.2 cm³/mol. The van der Waals surface area contributed by atoms with Crippen molar-refractivity contribution in [1.82, 2.24) is 0 Å². The van der Waals surface area contributed by atoms with Crippen molar-refractivity contribution in [1.29, 1.82) is 0 Å². The Hall–Kier alpha value is 0.314. The summed E-state index contributed by atoms with van der Waals surface area (Å²) in [6.45, 7) is 2.08. The number of hydrogen-bond acceptors (Lipinski definition) is 3. The molecule has 0 fully saturated rings. The van der Waals surface area contributed by atoms with Gasteiger partial charge in [-0.3, -0.25) is 0 Å². The first-order chi connectivity index (χ1) is 4.74. The van der Waals surface area contributed by atoms with Crippen molar-refractivity contribution in [2.75, 3.05) is 21.3 Å². The minimum absolute atomic E-state index is 0. The van der Waals surface area contributed by atoms with E-state index in [-0.39, 0.29) is 11.0 Å². The Morgan fingerprint density at radius 2 is 1.36 bits per heavy atom. The molecule has 0 radical (unpaired) electrons. The molecule has 11 heavy (non-hydrogen) atoms. The fourth-order valence-corrected chi connectivity index (χ4v) is 2.59. The molecule has 70 valence electrons. The first-order valence-corrected chi connectivity index (χ1v) is 5.33. The lowest BCUT2D eigenvalue weighted by atomic mass is 10.6. The second kappa shape index (κ2) is 6.99. The van der Waals surface area contributed by atoms with E-state index in [0.717, 1.165) is 12.5 Å². The van der Waals surface area contributed by atoms with E-state index >= 15 is 0 Å². The monoisotopic (exact) mass is 196 g/mol. The molecule has 0 aromatic carbocycles. The Kier molecular flexibility index (Phi) is 8.82. The SMILES string of the molecule is CCC[Si](OC)(OC)OC.[SiH4]. The van der Waals surface area contributed by atoms with Gasteiger partial charge in [0, 0.05) is 27.4 Å². The van der Waals surface area contributed by atoms with Crippen molar-refractivity contribution in [2.45, 2.75) is 19.4 Å². The molecule has 0 saturated carbocycles. The third-order valence-electron chi connectivity index (χ3n) is 1.49. The summed E-state index contributed by atoms with van der Waals surface area (Å²) in [7, 11) is 2.68. The third-order valence-corrected chi connectivity index (χ3v) is 4.47. The van der Waals surface area contributed by atoms with Gasteiger partial charge in [-0.15, -0.1) is 0 Å². The van der Waals surface area contributed by atoms with Crippen LogP contribution in [0.3, 0.4) is 0 Å². The summed E-state index contributed by atoms with van der Waals surface area (Å²) in [5, 5.41) is 0. The molecule has 0 aromatic heterocycles. The van der Waals surface area contributed by atoms with Crippen LogP contribution in [0.25, 0.3) is 0 Å². The van der Waals surface area contributed by atoms with Crippen LogP contribution >= 0.6 is 0 Å². The molecule has 3 nitrogen and oxygen atoms in total. The van der Waals surface area contributed by atoms with Gasteiger partial charge in [0.15, 0.2) is 0 Å². The summed E-state index contributed by atoms with van der Waals surface area (Å²) in [6.07, 6.45) is 1.03. The van der Waals surface area contributed by atoms with E-state index < -0.39 is 8.80 Å². The standard InChI is InChI=1S/C6H16O3Si.H4Si/c1-5-6-10(7-2,8-3)9-4;/h5-6H2,1-4H3;1H4. The van der Waals surface area contributed by atoms with Crippen LogP contribution < -0.4 is 0 Å². The van der Waals surface area contributed by atoms with Crippen molar-refractivity contribution >= 4 is 19.8 Å². The lowest BCUT2D eigenvalue weighted by molar-refractivity contribution is 0.123. The maximum atomic E-state index is 5.17. The van der Waals surface area contributed by atoms with Crippen molar-refractivity contribution in [3.63, 3.8) is 0 Å². The molecule has 0 rings (SSSR count). The lowest BCUT2D eigenvalue weighted by Crippen LogP contribution is -2.42. The van der Waals surface area contributed by atoms with E-state index in [0.29, 0.717) is 0 Å². The normalized spacial score (nSPS) is 10.9. The Morgan fingerprint density at radius 3 is 1.45 bits per heavy atom. The molecule has 0 atom stereocenters. The van der Waals surface area contributed by atoms with E-state index in [1.54, 1.807) is 21.3 Å². The molecule has 0 N–H and O–H groups in total. The minimum Gasteiger partial charge on any atom is -0.377 e. The van der Waals surface area contributed by atoms with Gasteiger partial charge in [0.25, 0.3) is 0 Å². The van der Waals surface area contributed by atoms with Crippen LogP contribution in [0.15, 0.2) is 0 Å². The van der Waals surface area contributed by atoms with Crippen LogP contribution in [0.1, 0.15) is 13.3 Å². The van der Waals surface area contributed by atoms with E-state index in [1.807, 2.05) is 0 Å². The van der Waals surface area contributed by atoms with Gasteiger partial charge in [-0.2, -0.15) is 0 Å². The first kappa shape index (κ1) is 13.9. The van der Waals surface area contributed by atoms with Gasteiger partial charge in [0.05, 0.1) is 0 Å². The highest BCUT2D eigenvalue weighted by Crippen LogP contribution is 2.13. The van der Waals surface area contributed by atoms with Crippen LogP contribution in [-0.2, 0) is 13.3 Å². The smallest absolute Gasteiger partial charge is 0.377 e. The zero-order chi connectivity index (χ0) is 8.04. The van der Waals surface area contributed by atoms with Gasteiger partial charge in [-0.25, -0.2) is 0 Å². The summed E-state index contributed by atoms with van der Waals surface area (Å²) in [4.78, 5) is 0. The Morgan fingerprint density at radius 1 is 1.00 bits per heavy atom. The molecule has 0 saturated heterocycles. The number of hydrogen-bond donors (Lipinski definition) is 0. The number of rotatable bonds is 5. The molecule has 0 aromatic rings. The fraction of sp³-hybridized carbons (Fsp3) is 1.00. The molecule has 0 aliphatic rings. The predicted octanol–water partition coefficient (Wildman–Crippen LogP) is -0.177. The minimum atomic E-state index is -2.22. The molecule has 0 amide bonds. The maximum absolute atomic E-state index is 5.17. The summed E-state index contributed by atoms with van der Waals surface area (Å²) in [5.41, 5.74) is 0. The molecule has 0 heterocycles. The third kappa shape index (κ3) is 4.02. The van der Waals surface area contributed by atoms with E-state index in [1.165, 1.54) is 0 Å². The topological polar surface area (TPSA) is 27.7 Å². The van der Waals surface area contributed by atoms with Crippen LogP contribution in [-0.4, -0.2) is 41.1 Å². The average molecular weight is 196 g/mol. The quantitative estimate of drug-likeness (QED) is 0.571. The zero-order valence-corrected chi connectivity index (χ0v) is 8.14. The first-order valence-electron chi connectivity index (χ1n) is 3.40. The Balaban J connectivity index is 0. The summed E-state index contributed by atoms with van der Waals surface area (Å²) in [6, 6.07) is 0.885. The van der Waals surface area contributed by atoms with Crippen LogP contribution in [0.5, 0.6) is 0 Å². The van der Waals surface area contributed by atoms with Gasteiger partial charge < -0.3 is 13.3 Å². The maximum Gasteiger partial charge on any atom is 0.500 e. The molecule has 0 unspecified atom stereocenters.